The minimum absolute atomic E-state index is 0.0301. The molecule has 0 radical (unpaired) electrons. The fourth-order valence-corrected chi connectivity index (χ4v) is 2.13. The number of nitrogens with one attached hydrogen (secondary N) is 1. The first-order valence-corrected chi connectivity index (χ1v) is 7.09. The number of halogens is 3. The summed E-state index contributed by atoms with van der Waals surface area (Å²) in [6.07, 6.45) is -4.56. The van der Waals surface area contributed by atoms with E-state index >= 15 is 0 Å². The van der Waals surface area contributed by atoms with Crippen LogP contribution in [0.5, 0.6) is 0 Å². The van der Waals surface area contributed by atoms with E-state index in [1.165, 1.54) is 6.07 Å². The molecule has 2 atom stereocenters. The molecule has 0 aliphatic heterocycles. The normalized spacial score (nSPS) is 16.0. The van der Waals surface area contributed by atoms with Gasteiger partial charge in [-0.1, -0.05) is 0 Å². The highest BCUT2D eigenvalue weighted by Crippen LogP contribution is 2.30. The lowest BCUT2D eigenvalue weighted by atomic mass is 10.2. The topological polar surface area (TPSA) is 74.0 Å². The Bertz CT molecular complexity index is 474. The standard InChI is InChI=1S/C12H18F3N3OS/c1-7(18-20(19)11(2,3)4)9-5-8(16)6-10(17-9)12(13,14)15/h5-7,18H,1-4H3,(H2,16,17)/t7-,20+/m0/s1. The maximum absolute atomic E-state index is 12.7. The molecule has 1 rings (SSSR count). The molecule has 0 spiro atoms. The van der Waals surface area contributed by atoms with Crippen molar-refractivity contribution in [3.8, 4) is 0 Å². The van der Waals surface area contributed by atoms with Gasteiger partial charge in [-0.05, 0) is 39.8 Å². The van der Waals surface area contributed by atoms with Crippen LogP contribution >= 0.6 is 0 Å². The largest absolute Gasteiger partial charge is 0.598 e. The van der Waals surface area contributed by atoms with Crippen molar-refractivity contribution in [1.82, 2.24) is 9.71 Å². The number of nitrogens with two attached hydrogens (primary N) is 1. The van der Waals surface area contributed by atoms with Gasteiger partial charge in [-0.25, -0.2) is 4.98 Å². The maximum atomic E-state index is 12.7. The molecule has 0 saturated heterocycles. The van der Waals surface area contributed by atoms with Crippen LogP contribution in [0.3, 0.4) is 0 Å². The molecule has 1 heterocycles. The molecule has 3 N–H and O–H groups in total. The van der Waals surface area contributed by atoms with Crippen molar-refractivity contribution in [2.75, 3.05) is 5.73 Å². The van der Waals surface area contributed by atoms with Crippen LogP contribution in [0.15, 0.2) is 12.1 Å². The summed E-state index contributed by atoms with van der Waals surface area (Å²) in [5, 5.41) is 0. The van der Waals surface area contributed by atoms with E-state index in [0.29, 0.717) is 0 Å². The molecule has 4 nitrogen and oxygen atoms in total. The highest BCUT2D eigenvalue weighted by molar-refractivity contribution is 7.90. The summed E-state index contributed by atoms with van der Waals surface area (Å²) in [5.74, 6) is 0. The van der Waals surface area contributed by atoms with E-state index in [1.807, 2.05) is 0 Å². The van der Waals surface area contributed by atoms with E-state index in [0.717, 1.165) is 6.07 Å². The molecule has 0 aliphatic carbocycles. The molecule has 0 bridgehead atoms. The van der Waals surface area contributed by atoms with Crippen molar-refractivity contribution >= 4 is 17.0 Å². The first kappa shape index (κ1) is 17.1. The lowest BCUT2D eigenvalue weighted by Gasteiger charge is -2.26. The molecule has 114 valence electrons. The van der Waals surface area contributed by atoms with Gasteiger partial charge in [0.1, 0.15) is 10.4 Å². The molecule has 0 fully saturated rings. The number of hydrogen-bond donors (Lipinski definition) is 2. The second kappa shape index (κ2) is 5.79. The van der Waals surface area contributed by atoms with Gasteiger partial charge in [0.15, 0.2) is 0 Å². The zero-order valence-electron chi connectivity index (χ0n) is 11.7. The van der Waals surface area contributed by atoms with Crippen LogP contribution in [-0.4, -0.2) is 14.3 Å². The van der Waals surface area contributed by atoms with E-state index < -0.39 is 34.0 Å². The van der Waals surface area contributed by atoms with Crippen LogP contribution in [0.25, 0.3) is 0 Å². The van der Waals surface area contributed by atoms with E-state index in [2.05, 4.69) is 9.71 Å². The lowest BCUT2D eigenvalue weighted by Crippen LogP contribution is -2.40. The van der Waals surface area contributed by atoms with Crippen molar-refractivity contribution in [2.24, 2.45) is 0 Å². The molecule has 20 heavy (non-hydrogen) atoms. The van der Waals surface area contributed by atoms with Gasteiger partial charge in [-0.15, -0.1) is 4.72 Å². The molecular weight excluding hydrogens is 291 g/mol. The second-order valence-electron chi connectivity index (χ2n) is 5.43. The maximum Gasteiger partial charge on any atom is 0.433 e. The Morgan fingerprint density at radius 3 is 2.30 bits per heavy atom. The highest BCUT2D eigenvalue weighted by Gasteiger charge is 2.34. The van der Waals surface area contributed by atoms with Gasteiger partial charge >= 0.3 is 6.18 Å². The molecule has 8 heteroatoms. The number of nitrogens with zero attached hydrogens (tertiary/aromatic N) is 1. The van der Waals surface area contributed by atoms with E-state index in [-0.39, 0.29) is 11.4 Å². The smallest absolute Gasteiger partial charge is 0.433 e. The van der Waals surface area contributed by atoms with Gasteiger partial charge in [0.25, 0.3) is 0 Å². The number of hydrogen-bond acceptors (Lipinski definition) is 4. The molecular formula is C12H18F3N3OS. The van der Waals surface area contributed by atoms with Crippen LogP contribution < -0.4 is 10.5 Å². The number of anilines is 1. The zero-order valence-corrected chi connectivity index (χ0v) is 12.5. The van der Waals surface area contributed by atoms with Crippen LogP contribution in [-0.2, 0) is 17.5 Å². The van der Waals surface area contributed by atoms with Crippen molar-refractivity contribution in [2.45, 2.75) is 44.7 Å². The van der Waals surface area contributed by atoms with Crippen molar-refractivity contribution < 1.29 is 17.7 Å². The quantitative estimate of drug-likeness (QED) is 0.842. The average molecular weight is 309 g/mol. The summed E-state index contributed by atoms with van der Waals surface area (Å²) in [6.45, 7) is 6.87. The van der Waals surface area contributed by atoms with Crippen LogP contribution in [0.2, 0.25) is 0 Å². The van der Waals surface area contributed by atoms with Gasteiger partial charge in [0, 0.05) is 17.0 Å². The minimum Gasteiger partial charge on any atom is -0.598 e. The average Bonchev–Trinajstić information content (AvgIpc) is 2.25. The van der Waals surface area contributed by atoms with Gasteiger partial charge in [0.2, 0.25) is 0 Å². The third-order valence-corrected chi connectivity index (χ3v) is 4.12. The number of rotatable bonds is 3. The summed E-state index contributed by atoms with van der Waals surface area (Å²) >= 11 is -1.41. The molecule has 0 amide bonds. The summed E-state index contributed by atoms with van der Waals surface area (Å²) in [5.41, 5.74) is 4.49. The molecule has 0 aliphatic rings. The Labute approximate surface area is 119 Å². The van der Waals surface area contributed by atoms with Gasteiger partial charge < -0.3 is 10.3 Å². The van der Waals surface area contributed by atoms with Gasteiger partial charge in [-0.3, -0.25) is 0 Å². The predicted molar refractivity (Wildman–Crippen MR) is 73.1 cm³/mol. The van der Waals surface area contributed by atoms with E-state index in [4.69, 9.17) is 5.73 Å². The fourth-order valence-electron chi connectivity index (χ4n) is 1.34. The third kappa shape index (κ3) is 4.53. The number of alkyl halides is 3. The molecule has 0 aromatic carbocycles. The minimum atomic E-state index is -4.56. The second-order valence-corrected chi connectivity index (χ2v) is 7.43. The summed E-state index contributed by atoms with van der Waals surface area (Å²) in [6, 6.07) is 1.50. The van der Waals surface area contributed by atoms with Crippen molar-refractivity contribution in [3.05, 3.63) is 23.5 Å². The van der Waals surface area contributed by atoms with Gasteiger partial charge in [0.05, 0.1) is 11.7 Å². The molecule has 1 aromatic heterocycles. The Hall–Kier alpha value is -0.990. The van der Waals surface area contributed by atoms with Gasteiger partial charge in [-0.2, -0.15) is 13.2 Å². The first-order chi connectivity index (χ1) is 8.91. The fraction of sp³-hybridized carbons (Fsp3) is 0.583. The monoisotopic (exact) mass is 309 g/mol. The number of aromatic nitrogens is 1. The van der Waals surface area contributed by atoms with E-state index in [1.54, 1.807) is 27.7 Å². The van der Waals surface area contributed by atoms with E-state index in [9.17, 15) is 17.7 Å². The summed E-state index contributed by atoms with van der Waals surface area (Å²) in [7, 11) is 0. The Balaban J connectivity index is 2.99. The Kier molecular flexibility index (Phi) is 4.94. The Morgan fingerprint density at radius 2 is 1.85 bits per heavy atom. The highest BCUT2D eigenvalue weighted by atomic mass is 32.2. The molecule has 0 unspecified atom stereocenters. The van der Waals surface area contributed by atoms with Crippen LogP contribution in [0.4, 0.5) is 18.9 Å². The molecule has 0 saturated carbocycles. The van der Waals surface area contributed by atoms with Crippen molar-refractivity contribution in [1.29, 1.82) is 0 Å². The number of nitrogen functional groups attached to an aromatic ring is 1. The zero-order chi connectivity index (χ0) is 15.7. The van der Waals surface area contributed by atoms with Crippen LogP contribution in [0, 0.1) is 0 Å². The third-order valence-electron chi connectivity index (χ3n) is 2.44. The molecule has 1 aromatic rings. The summed E-state index contributed by atoms with van der Waals surface area (Å²) in [4.78, 5) is 3.54. The van der Waals surface area contributed by atoms with Crippen molar-refractivity contribution in [3.63, 3.8) is 0 Å². The Morgan fingerprint density at radius 1 is 1.30 bits per heavy atom. The predicted octanol–water partition coefficient (Wildman–Crippen LogP) is 2.80. The summed E-state index contributed by atoms with van der Waals surface area (Å²) < 4.78 is 52.1. The first-order valence-electron chi connectivity index (χ1n) is 5.94. The lowest BCUT2D eigenvalue weighted by molar-refractivity contribution is -0.141. The SMILES string of the molecule is C[C@H](N[S@+]([O-])C(C)(C)C)c1cc(N)cc(C(F)(F)F)n1. The van der Waals surface area contributed by atoms with Crippen LogP contribution in [0.1, 0.15) is 45.1 Å². The number of pyridine rings is 1.